The molecule has 0 amide bonds. The van der Waals surface area contributed by atoms with Crippen molar-refractivity contribution in [1.82, 2.24) is 4.90 Å². The highest BCUT2D eigenvalue weighted by molar-refractivity contribution is 5.69. The van der Waals surface area contributed by atoms with Crippen molar-refractivity contribution in [2.45, 2.75) is 52.0 Å². The van der Waals surface area contributed by atoms with Gasteiger partial charge < -0.3 is 5.11 Å². The zero-order chi connectivity index (χ0) is 15.1. The number of hydrogen-bond acceptors (Lipinski definition) is 2. The van der Waals surface area contributed by atoms with Crippen LogP contribution in [0.2, 0.25) is 0 Å². The summed E-state index contributed by atoms with van der Waals surface area (Å²) < 4.78 is 0. The average molecular weight is 289 g/mol. The lowest BCUT2D eigenvalue weighted by atomic mass is 9.99. The number of carboxylic acids is 1. The molecule has 1 heterocycles. The fourth-order valence-electron chi connectivity index (χ4n) is 3.01. The van der Waals surface area contributed by atoms with Crippen molar-refractivity contribution in [1.29, 1.82) is 0 Å². The summed E-state index contributed by atoms with van der Waals surface area (Å²) in [5.41, 5.74) is 3.00. The van der Waals surface area contributed by atoms with Crippen LogP contribution in [-0.2, 0) is 17.8 Å². The number of carboxylic acid groups (broad SMARTS) is 1. The minimum Gasteiger partial charge on any atom is -0.481 e. The van der Waals surface area contributed by atoms with Gasteiger partial charge in [-0.1, -0.05) is 50.5 Å². The van der Waals surface area contributed by atoms with Gasteiger partial charge in [0.25, 0.3) is 0 Å². The fraction of sp³-hybridized carbons (Fsp3) is 0.611. The summed E-state index contributed by atoms with van der Waals surface area (Å²) in [6.45, 7) is 5.23. The van der Waals surface area contributed by atoms with Gasteiger partial charge in [-0.3, -0.25) is 9.69 Å². The van der Waals surface area contributed by atoms with Crippen LogP contribution in [0.1, 0.15) is 50.2 Å². The van der Waals surface area contributed by atoms with Gasteiger partial charge in [0.15, 0.2) is 0 Å². The molecule has 1 aromatic rings. The molecule has 21 heavy (non-hydrogen) atoms. The Morgan fingerprint density at radius 3 is 2.67 bits per heavy atom. The third-order valence-electron chi connectivity index (χ3n) is 4.49. The first-order valence-electron chi connectivity index (χ1n) is 8.19. The Morgan fingerprint density at radius 2 is 1.90 bits per heavy atom. The molecule has 1 N–H and O–H groups in total. The topological polar surface area (TPSA) is 40.5 Å². The first-order valence-corrected chi connectivity index (χ1v) is 8.19. The van der Waals surface area contributed by atoms with Gasteiger partial charge in [0.2, 0.25) is 0 Å². The van der Waals surface area contributed by atoms with E-state index in [0.717, 1.165) is 25.8 Å². The normalized spacial score (nSPS) is 16.4. The van der Waals surface area contributed by atoms with E-state index in [1.165, 1.54) is 43.5 Å². The molecular weight excluding hydrogens is 262 g/mol. The lowest BCUT2D eigenvalue weighted by molar-refractivity contribution is -0.141. The Kier molecular flexibility index (Phi) is 6.24. The van der Waals surface area contributed by atoms with Gasteiger partial charge in [-0.05, 0) is 36.9 Å². The molecule has 0 saturated carbocycles. The van der Waals surface area contributed by atoms with Crippen LogP contribution in [0.3, 0.4) is 0 Å². The number of unbranched alkanes of at least 4 members (excludes halogenated alkanes) is 3. The molecule has 1 aliphatic heterocycles. The van der Waals surface area contributed by atoms with Crippen LogP contribution in [0.4, 0.5) is 0 Å². The number of aliphatic carboxylic acids is 1. The molecule has 0 aliphatic carbocycles. The Balaban J connectivity index is 1.57. The lowest BCUT2D eigenvalue weighted by Gasteiger charge is -2.28. The largest absolute Gasteiger partial charge is 0.481 e. The molecule has 1 atom stereocenters. The van der Waals surface area contributed by atoms with E-state index in [2.05, 4.69) is 29.2 Å². The summed E-state index contributed by atoms with van der Waals surface area (Å²) in [5.74, 6) is -0.856. The highest BCUT2D eigenvalue weighted by Gasteiger charge is 2.15. The third kappa shape index (κ3) is 5.16. The zero-order valence-corrected chi connectivity index (χ0v) is 13.1. The molecule has 1 unspecified atom stereocenters. The van der Waals surface area contributed by atoms with E-state index in [1.54, 1.807) is 6.92 Å². The van der Waals surface area contributed by atoms with Crippen molar-refractivity contribution < 1.29 is 9.90 Å². The molecular formula is C18H27NO2. The Labute approximate surface area is 128 Å². The van der Waals surface area contributed by atoms with Crippen molar-refractivity contribution in [2.75, 3.05) is 13.1 Å². The van der Waals surface area contributed by atoms with Crippen LogP contribution in [0.15, 0.2) is 24.3 Å². The number of benzene rings is 1. The van der Waals surface area contributed by atoms with E-state index < -0.39 is 5.97 Å². The summed E-state index contributed by atoms with van der Waals surface area (Å²) in [4.78, 5) is 13.3. The van der Waals surface area contributed by atoms with E-state index in [-0.39, 0.29) is 5.92 Å². The van der Waals surface area contributed by atoms with Gasteiger partial charge in [0, 0.05) is 13.1 Å². The lowest BCUT2D eigenvalue weighted by Crippen LogP contribution is -2.31. The molecule has 1 aliphatic rings. The zero-order valence-electron chi connectivity index (χ0n) is 13.1. The third-order valence-corrected chi connectivity index (χ3v) is 4.49. The summed E-state index contributed by atoms with van der Waals surface area (Å²) in [7, 11) is 0. The number of hydrogen-bond donors (Lipinski definition) is 1. The summed E-state index contributed by atoms with van der Waals surface area (Å²) >= 11 is 0. The van der Waals surface area contributed by atoms with E-state index in [9.17, 15) is 4.79 Å². The highest BCUT2D eigenvalue weighted by Crippen LogP contribution is 2.19. The molecule has 3 heteroatoms. The second-order valence-electron chi connectivity index (χ2n) is 6.24. The standard InChI is InChI=1S/C18H27NO2/c1-15(18(20)21)8-4-2-3-7-12-19-13-11-16-9-5-6-10-17(16)14-19/h5-6,9-10,15H,2-4,7-8,11-14H2,1H3,(H,20,21). The maximum atomic E-state index is 10.7. The molecule has 1 aromatic carbocycles. The molecule has 0 fully saturated rings. The number of rotatable bonds is 8. The molecule has 116 valence electrons. The minimum absolute atomic E-state index is 0.191. The Bertz CT molecular complexity index is 458. The maximum Gasteiger partial charge on any atom is 0.306 e. The van der Waals surface area contributed by atoms with Gasteiger partial charge >= 0.3 is 5.97 Å². The summed E-state index contributed by atoms with van der Waals surface area (Å²) in [6, 6.07) is 8.75. The second-order valence-corrected chi connectivity index (χ2v) is 6.24. The van der Waals surface area contributed by atoms with Crippen LogP contribution in [0, 0.1) is 5.92 Å². The molecule has 0 radical (unpaired) electrons. The van der Waals surface area contributed by atoms with Crippen molar-refractivity contribution in [3.8, 4) is 0 Å². The highest BCUT2D eigenvalue weighted by atomic mass is 16.4. The van der Waals surface area contributed by atoms with E-state index in [4.69, 9.17) is 5.11 Å². The first-order chi connectivity index (χ1) is 10.2. The molecule has 0 spiro atoms. The van der Waals surface area contributed by atoms with E-state index >= 15 is 0 Å². The van der Waals surface area contributed by atoms with E-state index in [0.29, 0.717) is 0 Å². The number of carbonyl (C=O) groups is 1. The maximum absolute atomic E-state index is 10.7. The fourth-order valence-corrected chi connectivity index (χ4v) is 3.01. The smallest absolute Gasteiger partial charge is 0.306 e. The van der Waals surface area contributed by atoms with Crippen LogP contribution < -0.4 is 0 Å². The summed E-state index contributed by atoms with van der Waals surface area (Å²) in [6.07, 6.45) is 6.62. The molecule has 0 aromatic heterocycles. The van der Waals surface area contributed by atoms with Crippen LogP contribution in [0.5, 0.6) is 0 Å². The molecule has 3 nitrogen and oxygen atoms in total. The summed E-state index contributed by atoms with van der Waals surface area (Å²) in [5, 5.41) is 8.83. The average Bonchev–Trinajstić information content (AvgIpc) is 2.50. The van der Waals surface area contributed by atoms with Crippen molar-refractivity contribution >= 4 is 5.97 Å². The number of nitrogens with zero attached hydrogens (tertiary/aromatic N) is 1. The second kappa shape index (κ2) is 8.18. The quantitative estimate of drug-likeness (QED) is 0.742. The number of fused-ring (bicyclic) bond motifs is 1. The predicted octanol–water partition coefficient (Wildman–Crippen LogP) is 3.72. The molecule has 0 bridgehead atoms. The Hall–Kier alpha value is -1.35. The van der Waals surface area contributed by atoms with Gasteiger partial charge in [0.05, 0.1) is 5.92 Å². The van der Waals surface area contributed by atoms with Gasteiger partial charge in [0.1, 0.15) is 0 Å². The van der Waals surface area contributed by atoms with Crippen molar-refractivity contribution in [3.63, 3.8) is 0 Å². The van der Waals surface area contributed by atoms with E-state index in [1.807, 2.05) is 0 Å². The molecule has 0 saturated heterocycles. The van der Waals surface area contributed by atoms with Gasteiger partial charge in [-0.25, -0.2) is 0 Å². The first kappa shape index (κ1) is 16.0. The predicted molar refractivity (Wildman–Crippen MR) is 85.3 cm³/mol. The Morgan fingerprint density at radius 1 is 1.19 bits per heavy atom. The monoisotopic (exact) mass is 289 g/mol. The minimum atomic E-state index is -0.665. The van der Waals surface area contributed by atoms with Crippen molar-refractivity contribution in [2.24, 2.45) is 5.92 Å². The van der Waals surface area contributed by atoms with Crippen LogP contribution in [-0.4, -0.2) is 29.1 Å². The van der Waals surface area contributed by atoms with Gasteiger partial charge in [-0.15, -0.1) is 0 Å². The molecule has 2 rings (SSSR count). The van der Waals surface area contributed by atoms with Crippen molar-refractivity contribution in [3.05, 3.63) is 35.4 Å². The SMILES string of the molecule is CC(CCCCCCN1CCc2ccccc2C1)C(=O)O. The van der Waals surface area contributed by atoms with Gasteiger partial charge in [-0.2, -0.15) is 0 Å². The van der Waals surface area contributed by atoms with Crippen LogP contribution in [0.25, 0.3) is 0 Å². The van der Waals surface area contributed by atoms with Crippen LogP contribution >= 0.6 is 0 Å².